The minimum Gasteiger partial charge on any atom is -0.400 e. The minimum atomic E-state index is 0.0498. The van der Waals surface area contributed by atoms with E-state index in [0.717, 1.165) is 30.5 Å². The predicted octanol–water partition coefficient (Wildman–Crippen LogP) is 0.394. The van der Waals surface area contributed by atoms with Crippen molar-refractivity contribution in [3.8, 4) is 0 Å². The van der Waals surface area contributed by atoms with Crippen LogP contribution >= 0.6 is 0 Å². The zero-order chi connectivity index (χ0) is 15.5. The lowest BCUT2D eigenvalue weighted by Gasteiger charge is -2.21. The van der Waals surface area contributed by atoms with Crippen molar-refractivity contribution < 1.29 is 5.11 Å². The molecule has 0 spiro atoms. The van der Waals surface area contributed by atoms with Gasteiger partial charge in [-0.3, -0.25) is 0 Å². The third kappa shape index (κ3) is 6.99. The van der Waals surface area contributed by atoms with Gasteiger partial charge in [-0.05, 0) is 43.5 Å². The van der Waals surface area contributed by atoms with Crippen LogP contribution in [0.25, 0.3) is 0 Å². The lowest BCUT2D eigenvalue weighted by molar-refractivity contribution is 0.282. The van der Waals surface area contributed by atoms with Crippen molar-refractivity contribution in [2.24, 2.45) is 17.2 Å². The molecule has 9 N–H and O–H groups in total. The number of aliphatic hydroxyl groups is 1. The first kappa shape index (κ1) is 17.3. The molecule has 0 aromatic heterocycles. The smallest absolute Gasteiger partial charge is 0.0959 e. The van der Waals surface area contributed by atoms with Crippen LogP contribution in [0.1, 0.15) is 24.8 Å². The Morgan fingerprint density at radius 3 is 2.48 bits per heavy atom. The second-order valence-electron chi connectivity index (χ2n) is 4.93. The number of hydrogen-bond donors (Lipinski definition) is 6. The summed E-state index contributed by atoms with van der Waals surface area (Å²) in [6, 6.07) is 7.67. The van der Waals surface area contributed by atoms with Gasteiger partial charge >= 0.3 is 0 Å². The fraction of sp³-hybridized carbons (Fsp3) is 0.467. The summed E-state index contributed by atoms with van der Waals surface area (Å²) in [5.74, 6) is 0. The van der Waals surface area contributed by atoms with Crippen LogP contribution in [-0.2, 0) is 6.61 Å². The Labute approximate surface area is 126 Å². The summed E-state index contributed by atoms with van der Waals surface area (Å²) in [4.78, 5) is 0. The molecule has 1 aromatic rings. The van der Waals surface area contributed by atoms with E-state index in [1.807, 2.05) is 24.3 Å². The Hall–Kier alpha value is -1.76. The molecule has 0 fully saturated rings. The lowest BCUT2D eigenvalue weighted by Crippen LogP contribution is -2.34. The summed E-state index contributed by atoms with van der Waals surface area (Å²) in [6.45, 7) is 1.07. The van der Waals surface area contributed by atoms with Gasteiger partial charge in [0.15, 0.2) is 0 Å². The van der Waals surface area contributed by atoms with Gasteiger partial charge in [0.1, 0.15) is 0 Å². The number of rotatable bonds is 10. The summed E-state index contributed by atoms with van der Waals surface area (Å²) in [5, 5.41) is 15.7. The molecular formula is C15H27N5O. The van der Waals surface area contributed by atoms with E-state index in [4.69, 9.17) is 22.3 Å². The maximum absolute atomic E-state index is 9.05. The summed E-state index contributed by atoms with van der Waals surface area (Å²) >= 11 is 0. The van der Waals surface area contributed by atoms with Crippen LogP contribution < -0.4 is 27.8 Å². The Morgan fingerprint density at radius 2 is 1.90 bits per heavy atom. The van der Waals surface area contributed by atoms with Crippen molar-refractivity contribution >= 4 is 5.69 Å². The molecule has 0 saturated carbocycles. The number of benzene rings is 1. The molecule has 1 rings (SSSR count). The fourth-order valence-electron chi connectivity index (χ4n) is 1.86. The van der Waals surface area contributed by atoms with Crippen molar-refractivity contribution in [1.82, 2.24) is 5.32 Å². The topological polar surface area (TPSA) is 122 Å². The SMILES string of the molecule is NCCCC[C@H](N/C=C(\N)CN)Nc1ccc(CO)cc1. The van der Waals surface area contributed by atoms with E-state index >= 15 is 0 Å². The van der Waals surface area contributed by atoms with Gasteiger partial charge in [-0.15, -0.1) is 0 Å². The molecule has 0 saturated heterocycles. The first-order valence-corrected chi connectivity index (χ1v) is 7.26. The van der Waals surface area contributed by atoms with Gasteiger partial charge in [0.2, 0.25) is 0 Å². The third-order valence-corrected chi connectivity index (χ3v) is 3.13. The molecule has 0 aliphatic rings. The van der Waals surface area contributed by atoms with Gasteiger partial charge < -0.3 is 32.9 Å². The average molecular weight is 293 g/mol. The quantitative estimate of drug-likeness (QED) is 0.274. The minimum absolute atomic E-state index is 0.0498. The van der Waals surface area contributed by atoms with E-state index in [2.05, 4.69) is 10.6 Å². The number of hydrogen-bond acceptors (Lipinski definition) is 6. The van der Waals surface area contributed by atoms with Crippen LogP contribution in [0.4, 0.5) is 5.69 Å². The van der Waals surface area contributed by atoms with E-state index in [-0.39, 0.29) is 12.8 Å². The number of unbranched alkanes of at least 4 members (excludes halogenated alkanes) is 1. The first-order valence-electron chi connectivity index (χ1n) is 7.26. The standard InChI is InChI=1S/C15H27N5O/c16-8-2-1-3-15(19-10-13(18)9-17)20-14-6-4-12(11-21)5-7-14/h4-7,10,15,19-21H,1-3,8-9,11,16-18H2/b13-10-/t15-/m1/s1. The van der Waals surface area contributed by atoms with Gasteiger partial charge in [-0.25, -0.2) is 0 Å². The Bertz CT molecular complexity index is 419. The second kappa shape index (κ2) is 10.0. The molecule has 118 valence electrons. The van der Waals surface area contributed by atoms with Gasteiger partial charge in [0, 0.05) is 24.1 Å². The van der Waals surface area contributed by atoms with E-state index in [9.17, 15) is 0 Å². The Morgan fingerprint density at radius 1 is 1.19 bits per heavy atom. The van der Waals surface area contributed by atoms with Crippen molar-refractivity contribution in [2.45, 2.75) is 32.0 Å². The van der Waals surface area contributed by atoms with E-state index in [1.54, 1.807) is 6.20 Å². The lowest BCUT2D eigenvalue weighted by atomic mass is 10.1. The van der Waals surface area contributed by atoms with Crippen molar-refractivity contribution in [2.75, 3.05) is 18.4 Å². The van der Waals surface area contributed by atoms with E-state index in [0.29, 0.717) is 18.8 Å². The molecule has 21 heavy (non-hydrogen) atoms. The van der Waals surface area contributed by atoms with Crippen LogP contribution in [0, 0.1) is 0 Å². The Balaban J connectivity index is 2.60. The molecule has 0 radical (unpaired) electrons. The zero-order valence-electron chi connectivity index (χ0n) is 12.4. The number of aliphatic hydroxyl groups excluding tert-OH is 1. The summed E-state index contributed by atoms with van der Waals surface area (Å²) in [6.07, 6.45) is 4.72. The van der Waals surface area contributed by atoms with Crippen LogP contribution in [0.15, 0.2) is 36.2 Å². The largest absolute Gasteiger partial charge is 0.400 e. The van der Waals surface area contributed by atoms with Gasteiger partial charge in [0.05, 0.1) is 12.8 Å². The first-order chi connectivity index (χ1) is 10.2. The molecule has 0 unspecified atom stereocenters. The third-order valence-electron chi connectivity index (χ3n) is 3.13. The molecule has 0 heterocycles. The summed E-state index contributed by atoms with van der Waals surface area (Å²) in [5.41, 5.74) is 19.2. The molecule has 0 amide bonds. The van der Waals surface area contributed by atoms with Crippen molar-refractivity contribution in [3.05, 3.63) is 41.7 Å². The molecule has 0 bridgehead atoms. The number of nitrogens with one attached hydrogen (secondary N) is 2. The van der Waals surface area contributed by atoms with Crippen LogP contribution in [0.2, 0.25) is 0 Å². The monoisotopic (exact) mass is 293 g/mol. The fourth-order valence-corrected chi connectivity index (χ4v) is 1.86. The summed E-state index contributed by atoms with van der Waals surface area (Å²) in [7, 11) is 0. The molecular weight excluding hydrogens is 266 g/mol. The maximum Gasteiger partial charge on any atom is 0.0959 e. The highest BCUT2D eigenvalue weighted by Crippen LogP contribution is 2.12. The molecule has 1 aromatic carbocycles. The van der Waals surface area contributed by atoms with Crippen molar-refractivity contribution in [3.63, 3.8) is 0 Å². The highest BCUT2D eigenvalue weighted by molar-refractivity contribution is 5.45. The summed E-state index contributed by atoms with van der Waals surface area (Å²) < 4.78 is 0. The van der Waals surface area contributed by atoms with Crippen LogP contribution in [0.5, 0.6) is 0 Å². The van der Waals surface area contributed by atoms with E-state index in [1.165, 1.54) is 0 Å². The van der Waals surface area contributed by atoms with E-state index < -0.39 is 0 Å². The van der Waals surface area contributed by atoms with Gasteiger partial charge in [0.25, 0.3) is 0 Å². The van der Waals surface area contributed by atoms with Crippen LogP contribution in [-0.4, -0.2) is 24.4 Å². The number of nitrogens with two attached hydrogens (primary N) is 3. The van der Waals surface area contributed by atoms with Gasteiger partial charge in [-0.2, -0.15) is 0 Å². The Kier molecular flexibility index (Phi) is 8.27. The molecule has 6 nitrogen and oxygen atoms in total. The second-order valence-corrected chi connectivity index (χ2v) is 4.93. The number of anilines is 1. The predicted molar refractivity (Wildman–Crippen MR) is 87.1 cm³/mol. The zero-order valence-corrected chi connectivity index (χ0v) is 12.4. The maximum atomic E-state index is 9.05. The average Bonchev–Trinajstić information content (AvgIpc) is 2.53. The van der Waals surface area contributed by atoms with Crippen LogP contribution in [0.3, 0.4) is 0 Å². The molecule has 1 atom stereocenters. The molecule has 6 heteroatoms. The van der Waals surface area contributed by atoms with Crippen molar-refractivity contribution in [1.29, 1.82) is 0 Å². The molecule has 0 aliphatic carbocycles. The highest BCUT2D eigenvalue weighted by Gasteiger charge is 2.06. The highest BCUT2D eigenvalue weighted by atomic mass is 16.3. The molecule has 0 aliphatic heterocycles. The van der Waals surface area contributed by atoms with Gasteiger partial charge in [-0.1, -0.05) is 12.1 Å². The normalized spacial score (nSPS) is 13.0.